The molecule has 0 aliphatic carbocycles. The van der Waals surface area contributed by atoms with Crippen LogP contribution in [0.25, 0.3) is 0 Å². The van der Waals surface area contributed by atoms with Gasteiger partial charge < -0.3 is 0 Å². The van der Waals surface area contributed by atoms with Gasteiger partial charge in [-0.15, -0.1) is 23.2 Å². The summed E-state index contributed by atoms with van der Waals surface area (Å²) in [7, 11) is 0. The highest BCUT2D eigenvalue weighted by Crippen LogP contribution is 2.28. The van der Waals surface area contributed by atoms with Crippen LogP contribution in [0.4, 0.5) is 17.6 Å². The van der Waals surface area contributed by atoms with Gasteiger partial charge in [-0.05, 0) is 0 Å². The second-order valence-corrected chi connectivity index (χ2v) is 2.18. The lowest BCUT2D eigenvalue weighted by Gasteiger charge is -2.19. The standard InChI is InChI=1S/C4H4Cl2F4O/c5-1-3(7,8)11-4(9,10)2-6/h1-2H2. The van der Waals surface area contributed by atoms with E-state index < -0.39 is 24.0 Å². The molecule has 0 aliphatic rings. The third kappa shape index (κ3) is 4.66. The van der Waals surface area contributed by atoms with Crippen molar-refractivity contribution in [2.45, 2.75) is 12.2 Å². The fourth-order valence-electron chi connectivity index (χ4n) is 0.273. The van der Waals surface area contributed by atoms with Crippen molar-refractivity contribution in [3.05, 3.63) is 0 Å². The molecule has 7 heteroatoms. The monoisotopic (exact) mass is 214 g/mol. The van der Waals surface area contributed by atoms with Crippen molar-refractivity contribution in [2.24, 2.45) is 0 Å². The van der Waals surface area contributed by atoms with Gasteiger partial charge in [0.2, 0.25) is 0 Å². The predicted molar refractivity (Wildman–Crippen MR) is 32.4 cm³/mol. The van der Waals surface area contributed by atoms with E-state index in [1.165, 1.54) is 0 Å². The molecule has 0 aromatic heterocycles. The van der Waals surface area contributed by atoms with Crippen LogP contribution in [0.1, 0.15) is 0 Å². The van der Waals surface area contributed by atoms with Crippen molar-refractivity contribution in [2.75, 3.05) is 11.8 Å². The first-order valence-electron chi connectivity index (χ1n) is 2.41. The maximum Gasteiger partial charge on any atom is 0.373 e. The molecule has 0 amide bonds. The number of alkyl halides is 6. The Bertz CT molecular complexity index is 115. The fraction of sp³-hybridized carbons (Fsp3) is 1.00. The summed E-state index contributed by atoms with van der Waals surface area (Å²) in [6.07, 6.45) is -8.08. The van der Waals surface area contributed by atoms with Gasteiger partial charge in [-0.25, -0.2) is 0 Å². The molecule has 1 nitrogen and oxygen atoms in total. The second kappa shape index (κ2) is 3.78. The first-order chi connectivity index (χ1) is 4.83. The lowest BCUT2D eigenvalue weighted by atomic mass is 10.6. The van der Waals surface area contributed by atoms with Crippen LogP contribution in [0.15, 0.2) is 0 Å². The number of hydrogen-bond acceptors (Lipinski definition) is 1. The van der Waals surface area contributed by atoms with Gasteiger partial charge in [0.15, 0.2) is 0 Å². The molecule has 0 fully saturated rings. The minimum atomic E-state index is -4.04. The third-order valence-electron chi connectivity index (χ3n) is 0.610. The van der Waals surface area contributed by atoms with Crippen LogP contribution in [0.2, 0.25) is 0 Å². The first-order valence-corrected chi connectivity index (χ1v) is 3.47. The van der Waals surface area contributed by atoms with E-state index in [1.54, 1.807) is 0 Å². The summed E-state index contributed by atoms with van der Waals surface area (Å²) in [5, 5.41) is 0. The Balaban J connectivity index is 4.02. The first kappa shape index (κ1) is 11.3. The quantitative estimate of drug-likeness (QED) is 0.517. The van der Waals surface area contributed by atoms with Crippen molar-refractivity contribution in [1.29, 1.82) is 0 Å². The van der Waals surface area contributed by atoms with Crippen LogP contribution in [-0.4, -0.2) is 24.0 Å². The van der Waals surface area contributed by atoms with E-state index in [0.717, 1.165) is 0 Å². The number of halogens is 6. The molecule has 0 bridgehead atoms. The van der Waals surface area contributed by atoms with E-state index >= 15 is 0 Å². The zero-order valence-corrected chi connectivity index (χ0v) is 6.60. The van der Waals surface area contributed by atoms with Crippen LogP contribution >= 0.6 is 23.2 Å². The van der Waals surface area contributed by atoms with Crippen molar-refractivity contribution < 1.29 is 22.3 Å². The van der Waals surface area contributed by atoms with Gasteiger partial charge in [-0.1, -0.05) is 0 Å². The Morgan fingerprint density at radius 3 is 1.36 bits per heavy atom. The molecule has 0 unspecified atom stereocenters. The molecule has 68 valence electrons. The summed E-state index contributed by atoms with van der Waals surface area (Å²) < 4.78 is 50.8. The minimum Gasteiger partial charge on any atom is -0.253 e. The van der Waals surface area contributed by atoms with E-state index in [0.29, 0.717) is 0 Å². The highest BCUT2D eigenvalue weighted by Gasteiger charge is 2.42. The average molecular weight is 215 g/mol. The summed E-state index contributed by atoms with van der Waals surface area (Å²) in [5.74, 6) is -2.67. The Hall–Kier alpha value is 0.260. The molecular weight excluding hydrogens is 211 g/mol. The summed E-state index contributed by atoms with van der Waals surface area (Å²) in [4.78, 5) is 0. The molecule has 0 aliphatic heterocycles. The molecular formula is C4H4Cl2F4O. The zero-order chi connectivity index (χ0) is 9.12. The van der Waals surface area contributed by atoms with Crippen LogP contribution in [-0.2, 0) is 4.74 Å². The van der Waals surface area contributed by atoms with E-state index in [1.807, 2.05) is 0 Å². The van der Waals surface area contributed by atoms with Gasteiger partial charge in [-0.3, -0.25) is 4.74 Å². The van der Waals surface area contributed by atoms with E-state index in [4.69, 9.17) is 0 Å². The van der Waals surface area contributed by atoms with Gasteiger partial charge >= 0.3 is 12.2 Å². The lowest BCUT2D eigenvalue weighted by molar-refractivity contribution is -0.356. The van der Waals surface area contributed by atoms with Gasteiger partial charge in [0, 0.05) is 0 Å². The van der Waals surface area contributed by atoms with Gasteiger partial charge in [-0.2, -0.15) is 17.6 Å². The number of rotatable bonds is 4. The SMILES string of the molecule is FC(F)(CCl)OC(F)(F)CCl. The van der Waals surface area contributed by atoms with Crippen LogP contribution < -0.4 is 0 Å². The van der Waals surface area contributed by atoms with E-state index in [9.17, 15) is 17.6 Å². The van der Waals surface area contributed by atoms with Crippen molar-refractivity contribution in [1.82, 2.24) is 0 Å². The summed E-state index contributed by atoms with van der Waals surface area (Å²) in [6, 6.07) is 0. The lowest BCUT2D eigenvalue weighted by Crippen LogP contribution is -2.35. The zero-order valence-electron chi connectivity index (χ0n) is 5.09. The molecule has 0 aromatic rings. The molecule has 0 N–H and O–H groups in total. The third-order valence-corrected chi connectivity index (χ3v) is 1.23. The molecule has 0 aromatic carbocycles. The van der Waals surface area contributed by atoms with Gasteiger partial charge in [0.25, 0.3) is 0 Å². The largest absolute Gasteiger partial charge is 0.373 e. The van der Waals surface area contributed by atoms with Crippen LogP contribution in [0.3, 0.4) is 0 Å². The molecule has 0 spiro atoms. The summed E-state index contributed by atoms with van der Waals surface area (Å²) in [5.41, 5.74) is 0. The molecule has 0 heterocycles. The number of ether oxygens (including phenoxy) is 1. The normalized spacial score (nSPS) is 13.6. The van der Waals surface area contributed by atoms with E-state index in [-0.39, 0.29) is 0 Å². The maximum atomic E-state index is 11.9. The van der Waals surface area contributed by atoms with Crippen LogP contribution in [0, 0.1) is 0 Å². The Morgan fingerprint density at radius 2 is 1.18 bits per heavy atom. The minimum absolute atomic E-state index is 1.33. The molecule has 0 saturated carbocycles. The topological polar surface area (TPSA) is 9.23 Å². The highest BCUT2D eigenvalue weighted by atomic mass is 35.5. The molecule has 0 atom stereocenters. The second-order valence-electron chi connectivity index (χ2n) is 1.64. The average Bonchev–Trinajstić information content (AvgIpc) is 1.86. The summed E-state index contributed by atoms with van der Waals surface area (Å²) in [6.45, 7) is 0. The molecule has 0 radical (unpaired) electrons. The predicted octanol–water partition coefficient (Wildman–Crippen LogP) is 2.67. The van der Waals surface area contributed by atoms with Crippen LogP contribution in [0.5, 0.6) is 0 Å². The summed E-state index contributed by atoms with van der Waals surface area (Å²) >= 11 is 9.21. The van der Waals surface area contributed by atoms with Crippen molar-refractivity contribution in [3.63, 3.8) is 0 Å². The Labute approximate surface area is 70.2 Å². The molecule has 0 saturated heterocycles. The van der Waals surface area contributed by atoms with E-state index in [2.05, 4.69) is 27.9 Å². The smallest absolute Gasteiger partial charge is 0.253 e. The Kier molecular flexibility index (Phi) is 3.87. The van der Waals surface area contributed by atoms with Gasteiger partial charge in [0.1, 0.15) is 11.8 Å². The van der Waals surface area contributed by atoms with Crippen molar-refractivity contribution in [3.8, 4) is 0 Å². The van der Waals surface area contributed by atoms with Gasteiger partial charge in [0.05, 0.1) is 0 Å². The number of hydrogen-bond donors (Lipinski definition) is 0. The Morgan fingerprint density at radius 1 is 0.909 bits per heavy atom. The highest BCUT2D eigenvalue weighted by molar-refractivity contribution is 6.18. The molecule has 0 rings (SSSR count). The maximum absolute atomic E-state index is 11.9. The molecule has 11 heavy (non-hydrogen) atoms. The fourth-order valence-corrected chi connectivity index (χ4v) is 0.382. The van der Waals surface area contributed by atoms with Crippen molar-refractivity contribution >= 4 is 23.2 Å².